The fourth-order valence-electron chi connectivity index (χ4n) is 2.43. The Bertz CT molecular complexity index is 171. The third-order valence-electron chi connectivity index (χ3n) is 2.99. The van der Waals surface area contributed by atoms with Gasteiger partial charge in [-0.25, -0.2) is 0 Å². The second-order valence-corrected chi connectivity index (χ2v) is 4.35. The number of alkyl halides is 3. The zero-order chi connectivity index (χ0) is 10.8. The molecular formula is C10H18F3N. The average molecular weight is 209 g/mol. The maximum atomic E-state index is 12.7. The predicted octanol–water partition coefficient (Wildman–Crippen LogP) is 3.06. The standard InChI is InChI=1S/C10H18F3N/c1-14(2)9(10(11,12)13)8-6-4-3-5-7-8/h8-9H,3-7H2,1-2H3. The van der Waals surface area contributed by atoms with Crippen LogP contribution in [0.5, 0.6) is 0 Å². The van der Waals surface area contributed by atoms with E-state index in [1.165, 1.54) is 19.0 Å². The molecule has 1 unspecified atom stereocenters. The van der Waals surface area contributed by atoms with Crippen molar-refractivity contribution in [2.24, 2.45) is 5.92 Å². The van der Waals surface area contributed by atoms with E-state index in [-0.39, 0.29) is 5.92 Å². The van der Waals surface area contributed by atoms with Crippen LogP contribution in [-0.2, 0) is 0 Å². The van der Waals surface area contributed by atoms with Gasteiger partial charge >= 0.3 is 6.18 Å². The van der Waals surface area contributed by atoms with Gasteiger partial charge in [0.15, 0.2) is 0 Å². The summed E-state index contributed by atoms with van der Waals surface area (Å²) in [4.78, 5) is 1.32. The third-order valence-corrected chi connectivity index (χ3v) is 2.99. The zero-order valence-corrected chi connectivity index (χ0v) is 8.77. The average Bonchev–Trinajstić information content (AvgIpc) is 2.02. The van der Waals surface area contributed by atoms with E-state index in [4.69, 9.17) is 0 Å². The summed E-state index contributed by atoms with van der Waals surface area (Å²) < 4.78 is 38.1. The molecule has 1 rings (SSSR count). The Hall–Kier alpha value is -0.250. The van der Waals surface area contributed by atoms with Gasteiger partial charge in [0.1, 0.15) is 6.04 Å². The van der Waals surface area contributed by atoms with Gasteiger partial charge in [0.2, 0.25) is 0 Å². The molecule has 1 fully saturated rings. The number of hydrogen-bond donors (Lipinski definition) is 0. The van der Waals surface area contributed by atoms with E-state index >= 15 is 0 Å². The zero-order valence-electron chi connectivity index (χ0n) is 8.77. The molecule has 0 aromatic rings. The van der Waals surface area contributed by atoms with Crippen LogP contribution in [-0.4, -0.2) is 31.2 Å². The van der Waals surface area contributed by atoms with E-state index in [0.29, 0.717) is 0 Å². The van der Waals surface area contributed by atoms with Gasteiger partial charge in [-0.05, 0) is 32.9 Å². The molecule has 0 radical (unpaired) electrons. The van der Waals surface area contributed by atoms with Gasteiger partial charge in [-0.15, -0.1) is 0 Å². The topological polar surface area (TPSA) is 3.24 Å². The smallest absolute Gasteiger partial charge is 0.298 e. The van der Waals surface area contributed by atoms with Crippen molar-refractivity contribution in [2.75, 3.05) is 14.1 Å². The summed E-state index contributed by atoms with van der Waals surface area (Å²) in [5.41, 5.74) is 0. The highest BCUT2D eigenvalue weighted by Gasteiger charge is 2.45. The molecule has 1 nitrogen and oxygen atoms in total. The molecule has 0 aromatic heterocycles. The molecule has 1 saturated carbocycles. The Labute approximate surface area is 83.3 Å². The van der Waals surface area contributed by atoms with Gasteiger partial charge in [0.05, 0.1) is 0 Å². The van der Waals surface area contributed by atoms with Crippen molar-refractivity contribution in [3.8, 4) is 0 Å². The van der Waals surface area contributed by atoms with Crippen LogP contribution in [0.1, 0.15) is 32.1 Å². The van der Waals surface area contributed by atoms with E-state index in [2.05, 4.69) is 0 Å². The van der Waals surface area contributed by atoms with Crippen molar-refractivity contribution in [3.63, 3.8) is 0 Å². The Morgan fingerprint density at radius 2 is 1.57 bits per heavy atom. The molecule has 0 aliphatic heterocycles. The first kappa shape index (κ1) is 11.8. The highest BCUT2D eigenvalue weighted by Crippen LogP contribution is 2.36. The van der Waals surface area contributed by atoms with E-state index < -0.39 is 12.2 Å². The molecule has 4 heteroatoms. The lowest BCUT2D eigenvalue weighted by Crippen LogP contribution is -2.47. The van der Waals surface area contributed by atoms with Gasteiger partial charge in [-0.1, -0.05) is 19.3 Å². The van der Waals surface area contributed by atoms with E-state index in [9.17, 15) is 13.2 Å². The van der Waals surface area contributed by atoms with E-state index in [1.807, 2.05) is 0 Å². The van der Waals surface area contributed by atoms with Crippen LogP contribution in [0.25, 0.3) is 0 Å². The van der Waals surface area contributed by atoms with Crippen LogP contribution < -0.4 is 0 Å². The summed E-state index contributed by atoms with van der Waals surface area (Å²) in [5, 5.41) is 0. The molecule has 0 N–H and O–H groups in total. The molecule has 14 heavy (non-hydrogen) atoms. The lowest BCUT2D eigenvalue weighted by molar-refractivity contribution is -0.193. The Morgan fingerprint density at radius 3 is 1.93 bits per heavy atom. The highest BCUT2D eigenvalue weighted by molar-refractivity contribution is 4.84. The van der Waals surface area contributed by atoms with Crippen LogP contribution in [0, 0.1) is 5.92 Å². The molecule has 0 spiro atoms. The summed E-state index contributed by atoms with van der Waals surface area (Å²) in [5.74, 6) is -0.196. The Morgan fingerprint density at radius 1 is 1.07 bits per heavy atom. The molecular weight excluding hydrogens is 191 g/mol. The number of nitrogens with zero attached hydrogens (tertiary/aromatic N) is 1. The first-order valence-corrected chi connectivity index (χ1v) is 5.16. The third kappa shape index (κ3) is 2.87. The van der Waals surface area contributed by atoms with Crippen molar-refractivity contribution in [1.29, 1.82) is 0 Å². The van der Waals surface area contributed by atoms with Crippen molar-refractivity contribution in [1.82, 2.24) is 4.90 Å². The monoisotopic (exact) mass is 209 g/mol. The Balaban J connectivity index is 2.66. The quantitative estimate of drug-likeness (QED) is 0.675. The maximum absolute atomic E-state index is 12.7. The second kappa shape index (κ2) is 4.51. The molecule has 84 valence electrons. The molecule has 0 bridgehead atoms. The lowest BCUT2D eigenvalue weighted by atomic mass is 9.83. The molecule has 1 atom stereocenters. The number of halogens is 3. The largest absolute Gasteiger partial charge is 0.404 e. The number of rotatable bonds is 2. The maximum Gasteiger partial charge on any atom is 0.404 e. The minimum absolute atomic E-state index is 0.196. The molecule has 1 aliphatic rings. The summed E-state index contributed by atoms with van der Waals surface area (Å²) in [6.45, 7) is 0. The van der Waals surface area contributed by atoms with Crippen LogP contribution in [0.2, 0.25) is 0 Å². The van der Waals surface area contributed by atoms with Gasteiger partial charge < -0.3 is 0 Å². The SMILES string of the molecule is CN(C)C(C1CCCCC1)C(F)(F)F. The minimum atomic E-state index is -4.08. The Kier molecular flexibility index (Phi) is 3.81. The molecule has 0 aromatic carbocycles. The summed E-state index contributed by atoms with van der Waals surface area (Å²) >= 11 is 0. The minimum Gasteiger partial charge on any atom is -0.298 e. The first-order valence-electron chi connectivity index (χ1n) is 5.16. The van der Waals surface area contributed by atoms with Gasteiger partial charge in [0, 0.05) is 0 Å². The van der Waals surface area contributed by atoms with E-state index in [0.717, 1.165) is 32.1 Å². The molecule has 0 saturated heterocycles. The molecule has 0 amide bonds. The second-order valence-electron chi connectivity index (χ2n) is 4.35. The highest BCUT2D eigenvalue weighted by atomic mass is 19.4. The summed E-state index contributed by atoms with van der Waals surface area (Å²) in [6.07, 6.45) is 0.362. The summed E-state index contributed by atoms with van der Waals surface area (Å²) in [6, 6.07) is -1.25. The molecule has 1 aliphatic carbocycles. The van der Waals surface area contributed by atoms with Crippen molar-refractivity contribution in [2.45, 2.75) is 44.3 Å². The number of hydrogen-bond acceptors (Lipinski definition) is 1. The predicted molar refractivity (Wildman–Crippen MR) is 50.1 cm³/mol. The fourth-order valence-corrected chi connectivity index (χ4v) is 2.43. The normalized spacial score (nSPS) is 22.7. The lowest BCUT2D eigenvalue weighted by Gasteiger charge is -2.35. The van der Waals surface area contributed by atoms with Crippen LogP contribution in [0.3, 0.4) is 0 Å². The first-order chi connectivity index (χ1) is 6.43. The van der Waals surface area contributed by atoms with Crippen molar-refractivity contribution in [3.05, 3.63) is 0 Å². The van der Waals surface area contributed by atoms with Crippen molar-refractivity contribution >= 4 is 0 Å². The fraction of sp³-hybridized carbons (Fsp3) is 1.00. The molecule has 0 heterocycles. The van der Waals surface area contributed by atoms with E-state index in [1.54, 1.807) is 0 Å². The van der Waals surface area contributed by atoms with Crippen LogP contribution in [0.15, 0.2) is 0 Å². The van der Waals surface area contributed by atoms with Gasteiger partial charge in [-0.3, -0.25) is 4.90 Å². The van der Waals surface area contributed by atoms with Crippen LogP contribution in [0.4, 0.5) is 13.2 Å². The van der Waals surface area contributed by atoms with Gasteiger partial charge in [-0.2, -0.15) is 13.2 Å². The summed E-state index contributed by atoms with van der Waals surface area (Å²) in [7, 11) is 3.04. The van der Waals surface area contributed by atoms with Gasteiger partial charge in [0.25, 0.3) is 0 Å². The van der Waals surface area contributed by atoms with Crippen molar-refractivity contribution < 1.29 is 13.2 Å². The van der Waals surface area contributed by atoms with Crippen LogP contribution >= 0.6 is 0 Å².